The number of hydrogen-bond acceptors (Lipinski definition) is 9. The second-order valence-electron chi connectivity index (χ2n) is 11.2. The molecule has 10 heteroatoms. The number of nitrogens with zero attached hydrogens (tertiary/aromatic N) is 5. The van der Waals surface area contributed by atoms with Crippen molar-refractivity contribution in [3.8, 4) is 17.4 Å². The molecule has 4 aromatic rings. The number of nitrogens with one attached hydrogen (secondary N) is 2. The number of rotatable bonds is 11. The highest BCUT2D eigenvalue weighted by Crippen LogP contribution is 2.33. The average Bonchev–Trinajstić information content (AvgIpc) is 3.03. The molecule has 1 amide bonds. The molecule has 2 heterocycles. The van der Waals surface area contributed by atoms with Crippen LogP contribution >= 0.6 is 0 Å². The Hall–Kier alpha value is -4.67. The van der Waals surface area contributed by atoms with E-state index in [4.69, 9.17) is 9.47 Å². The number of benzene rings is 3. The van der Waals surface area contributed by atoms with Gasteiger partial charge in [-0.1, -0.05) is 30.3 Å². The van der Waals surface area contributed by atoms with Gasteiger partial charge in [-0.15, -0.1) is 0 Å². The molecule has 5 rings (SSSR count). The van der Waals surface area contributed by atoms with Crippen molar-refractivity contribution in [3.05, 3.63) is 89.6 Å². The molecule has 0 unspecified atom stereocenters. The molecule has 230 valence electrons. The summed E-state index contributed by atoms with van der Waals surface area (Å²) in [5.41, 5.74) is 4.87. The van der Waals surface area contributed by atoms with E-state index in [-0.39, 0.29) is 17.4 Å². The van der Waals surface area contributed by atoms with Crippen LogP contribution in [0.15, 0.2) is 72.9 Å². The van der Waals surface area contributed by atoms with E-state index in [2.05, 4.69) is 61.5 Å². The molecule has 1 aliphatic heterocycles. The Morgan fingerprint density at radius 1 is 0.909 bits per heavy atom. The summed E-state index contributed by atoms with van der Waals surface area (Å²) in [5, 5.41) is 6.27. The van der Waals surface area contributed by atoms with Crippen molar-refractivity contribution in [2.45, 2.75) is 13.8 Å². The normalized spacial score (nSPS) is 13.5. The highest BCUT2D eigenvalue weighted by atomic mass is 16.5. The molecule has 10 nitrogen and oxygen atoms in total. The molecule has 0 atom stereocenters. The number of hydrogen-bond donors (Lipinski definition) is 2. The van der Waals surface area contributed by atoms with E-state index in [1.54, 1.807) is 19.2 Å². The Labute approximate surface area is 259 Å². The van der Waals surface area contributed by atoms with Crippen molar-refractivity contribution < 1.29 is 14.3 Å². The molecule has 0 aliphatic carbocycles. The van der Waals surface area contributed by atoms with Gasteiger partial charge in [-0.2, -0.15) is 4.98 Å². The van der Waals surface area contributed by atoms with Crippen LogP contribution in [0, 0.1) is 13.8 Å². The van der Waals surface area contributed by atoms with Crippen LogP contribution in [0.1, 0.15) is 21.5 Å². The van der Waals surface area contributed by atoms with E-state index >= 15 is 0 Å². The Bertz CT molecular complexity index is 1550. The minimum atomic E-state index is -0.370. The summed E-state index contributed by atoms with van der Waals surface area (Å²) >= 11 is 0. The van der Waals surface area contributed by atoms with E-state index in [1.165, 1.54) is 11.9 Å². The van der Waals surface area contributed by atoms with Crippen LogP contribution in [0.25, 0.3) is 0 Å². The molecular weight excluding hydrogens is 554 g/mol. The number of aryl methyl sites for hydroxylation is 2. The lowest BCUT2D eigenvalue weighted by molar-refractivity contribution is 0.102. The minimum Gasteiger partial charge on any atom is -0.493 e. The molecule has 1 aromatic heterocycles. The Balaban J connectivity index is 1.33. The maximum Gasteiger partial charge on any atom is 0.262 e. The van der Waals surface area contributed by atoms with E-state index in [1.807, 2.05) is 56.3 Å². The van der Waals surface area contributed by atoms with E-state index in [0.717, 1.165) is 61.8 Å². The van der Waals surface area contributed by atoms with Crippen molar-refractivity contribution in [3.63, 3.8) is 0 Å². The monoisotopic (exact) mass is 595 g/mol. The lowest BCUT2D eigenvalue weighted by Gasteiger charge is -2.36. The third-order valence-corrected chi connectivity index (χ3v) is 7.72. The third kappa shape index (κ3) is 7.64. The Kier molecular flexibility index (Phi) is 9.93. The Morgan fingerprint density at radius 3 is 2.25 bits per heavy atom. The molecule has 0 spiro atoms. The lowest BCUT2D eigenvalue weighted by Crippen LogP contribution is -2.48. The van der Waals surface area contributed by atoms with Crippen molar-refractivity contribution >= 4 is 28.9 Å². The standard InChI is InChI=1S/C34H41N7O3/c1-24-9-8-10-25(2)31(24)37-32(42)28-23-35-34(38-33(28)44-30-12-7-6-11-29(30)43-5)36-26-13-15-27(16-14-26)41-21-19-40(20-22-41)18-17-39(3)4/h6-16,23H,17-22H2,1-5H3,(H,37,42)(H,35,36,38). The van der Waals surface area contributed by atoms with E-state index in [9.17, 15) is 4.79 Å². The first-order valence-electron chi connectivity index (χ1n) is 14.9. The molecular formula is C34H41N7O3. The molecule has 1 fully saturated rings. The highest BCUT2D eigenvalue weighted by Gasteiger charge is 2.21. The van der Waals surface area contributed by atoms with Crippen molar-refractivity contribution in [1.82, 2.24) is 19.8 Å². The number of carbonyl (C=O) groups excluding carboxylic acids is 1. The number of para-hydroxylation sites is 3. The fourth-order valence-corrected chi connectivity index (χ4v) is 5.12. The van der Waals surface area contributed by atoms with Gasteiger partial charge in [-0.3, -0.25) is 9.69 Å². The first-order chi connectivity index (χ1) is 21.3. The van der Waals surface area contributed by atoms with Crippen molar-refractivity contribution in [1.29, 1.82) is 0 Å². The maximum atomic E-state index is 13.5. The molecule has 0 saturated carbocycles. The van der Waals surface area contributed by atoms with Crippen LogP contribution in [0.5, 0.6) is 17.4 Å². The number of carbonyl (C=O) groups is 1. The van der Waals surface area contributed by atoms with Gasteiger partial charge in [-0.05, 0) is 75.5 Å². The average molecular weight is 596 g/mol. The fourth-order valence-electron chi connectivity index (χ4n) is 5.12. The zero-order chi connectivity index (χ0) is 31.1. The van der Waals surface area contributed by atoms with Crippen LogP contribution in [-0.4, -0.2) is 86.1 Å². The fraction of sp³-hybridized carbons (Fsp3) is 0.324. The van der Waals surface area contributed by atoms with Crippen molar-refractivity contribution in [2.75, 3.05) is 76.0 Å². The van der Waals surface area contributed by atoms with E-state index in [0.29, 0.717) is 17.4 Å². The second kappa shape index (κ2) is 14.2. The van der Waals surface area contributed by atoms with Gasteiger partial charge in [0.05, 0.1) is 7.11 Å². The zero-order valence-corrected chi connectivity index (χ0v) is 26.1. The summed E-state index contributed by atoms with van der Waals surface area (Å²) in [5.74, 6) is 1.01. The largest absolute Gasteiger partial charge is 0.493 e. The molecule has 0 bridgehead atoms. The topological polar surface area (TPSA) is 95.1 Å². The van der Waals surface area contributed by atoms with Crippen LogP contribution in [0.2, 0.25) is 0 Å². The number of amides is 1. The predicted molar refractivity (Wildman–Crippen MR) is 176 cm³/mol. The minimum absolute atomic E-state index is 0.111. The number of piperazine rings is 1. The van der Waals surface area contributed by atoms with Gasteiger partial charge < -0.3 is 29.9 Å². The molecule has 44 heavy (non-hydrogen) atoms. The summed E-state index contributed by atoms with van der Waals surface area (Å²) in [6.45, 7) is 10.2. The lowest BCUT2D eigenvalue weighted by atomic mass is 10.1. The Morgan fingerprint density at radius 2 is 1.59 bits per heavy atom. The van der Waals surface area contributed by atoms with Gasteiger partial charge in [0.15, 0.2) is 11.5 Å². The van der Waals surface area contributed by atoms with Crippen LogP contribution in [-0.2, 0) is 0 Å². The maximum absolute atomic E-state index is 13.5. The molecule has 1 aliphatic rings. The van der Waals surface area contributed by atoms with Crippen LogP contribution in [0.3, 0.4) is 0 Å². The molecule has 3 aromatic carbocycles. The smallest absolute Gasteiger partial charge is 0.262 e. The first-order valence-corrected chi connectivity index (χ1v) is 14.9. The van der Waals surface area contributed by atoms with Gasteiger partial charge in [0.25, 0.3) is 5.91 Å². The summed E-state index contributed by atoms with van der Waals surface area (Å²) in [4.78, 5) is 29.7. The summed E-state index contributed by atoms with van der Waals surface area (Å²) in [7, 11) is 5.80. The number of anilines is 4. The second-order valence-corrected chi connectivity index (χ2v) is 11.2. The number of ether oxygens (including phenoxy) is 2. The highest BCUT2D eigenvalue weighted by molar-refractivity contribution is 6.06. The summed E-state index contributed by atoms with van der Waals surface area (Å²) in [6.07, 6.45) is 1.48. The zero-order valence-electron chi connectivity index (χ0n) is 26.1. The van der Waals surface area contributed by atoms with Gasteiger partial charge in [0.2, 0.25) is 11.8 Å². The number of methoxy groups -OCH3 is 1. The molecule has 0 radical (unpaired) electrons. The van der Waals surface area contributed by atoms with Gasteiger partial charge in [-0.25, -0.2) is 4.98 Å². The van der Waals surface area contributed by atoms with Gasteiger partial charge in [0.1, 0.15) is 5.56 Å². The third-order valence-electron chi connectivity index (χ3n) is 7.72. The first kappa shape index (κ1) is 30.8. The van der Waals surface area contributed by atoms with E-state index < -0.39 is 0 Å². The van der Waals surface area contributed by atoms with Gasteiger partial charge in [0, 0.05) is 62.5 Å². The van der Waals surface area contributed by atoms with Crippen LogP contribution < -0.4 is 25.0 Å². The number of likely N-dealkylation sites (N-methyl/N-ethyl adjacent to an activating group) is 1. The van der Waals surface area contributed by atoms with Gasteiger partial charge >= 0.3 is 0 Å². The van der Waals surface area contributed by atoms with Crippen LogP contribution in [0.4, 0.5) is 23.0 Å². The SMILES string of the molecule is COc1ccccc1Oc1nc(Nc2ccc(N3CCN(CCN(C)C)CC3)cc2)ncc1C(=O)Nc1c(C)cccc1C. The molecule has 2 N–H and O–H groups in total. The number of aromatic nitrogens is 2. The molecule has 1 saturated heterocycles. The summed E-state index contributed by atoms with van der Waals surface area (Å²) in [6, 6.07) is 21.3. The summed E-state index contributed by atoms with van der Waals surface area (Å²) < 4.78 is 11.6. The predicted octanol–water partition coefficient (Wildman–Crippen LogP) is 5.57. The quantitative estimate of drug-likeness (QED) is 0.231. The van der Waals surface area contributed by atoms with Crippen molar-refractivity contribution in [2.24, 2.45) is 0 Å².